The normalized spacial score (nSPS) is 12.0. The van der Waals surface area contributed by atoms with E-state index in [0.29, 0.717) is 23.6 Å². The van der Waals surface area contributed by atoms with Crippen LogP contribution in [0.1, 0.15) is 36.5 Å². The molecule has 29 heavy (non-hydrogen) atoms. The van der Waals surface area contributed by atoms with E-state index in [1.165, 1.54) is 0 Å². The molecule has 0 fully saturated rings. The summed E-state index contributed by atoms with van der Waals surface area (Å²) in [5.74, 6) is 0.551. The standard InChI is InChI=1S/C22H25ClN4O2/c1-3-15(2)25-21(28)14-27-19-7-5-4-6-18(19)26-20(27)12-13-24-22(29)16-8-10-17(23)11-9-16/h4-11,15H,3,12-14H2,1-2H3,(H,24,29)(H,25,28). The lowest BCUT2D eigenvalue weighted by Gasteiger charge is -2.14. The van der Waals surface area contributed by atoms with E-state index in [9.17, 15) is 9.59 Å². The highest BCUT2D eigenvalue weighted by atomic mass is 35.5. The van der Waals surface area contributed by atoms with Crippen LogP contribution >= 0.6 is 11.6 Å². The molecule has 152 valence electrons. The number of fused-ring (bicyclic) bond motifs is 1. The molecule has 2 aromatic carbocycles. The fraction of sp³-hybridized carbons (Fsp3) is 0.318. The Morgan fingerprint density at radius 3 is 2.59 bits per heavy atom. The first-order valence-corrected chi connectivity index (χ1v) is 10.1. The van der Waals surface area contributed by atoms with Gasteiger partial charge in [-0.25, -0.2) is 4.98 Å². The largest absolute Gasteiger partial charge is 0.352 e. The van der Waals surface area contributed by atoms with E-state index >= 15 is 0 Å². The smallest absolute Gasteiger partial charge is 0.251 e. The van der Waals surface area contributed by atoms with Crippen LogP contribution in [0.5, 0.6) is 0 Å². The summed E-state index contributed by atoms with van der Waals surface area (Å²) in [6.07, 6.45) is 1.39. The minimum absolute atomic E-state index is 0.0473. The van der Waals surface area contributed by atoms with Crippen molar-refractivity contribution in [3.63, 3.8) is 0 Å². The quantitative estimate of drug-likeness (QED) is 0.593. The van der Waals surface area contributed by atoms with E-state index in [-0.39, 0.29) is 24.4 Å². The van der Waals surface area contributed by atoms with Gasteiger partial charge < -0.3 is 15.2 Å². The summed E-state index contributed by atoms with van der Waals surface area (Å²) < 4.78 is 1.92. The number of aromatic nitrogens is 2. The second kappa shape index (κ2) is 9.56. The van der Waals surface area contributed by atoms with Gasteiger partial charge in [-0.05, 0) is 49.7 Å². The van der Waals surface area contributed by atoms with Gasteiger partial charge in [0.15, 0.2) is 0 Å². The fourth-order valence-corrected chi connectivity index (χ4v) is 3.18. The zero-order valence-corrected chi connectivity index (χ0v) is 17.4. The highest BCUT2D eigenvalue weighted by Crippen LogP contribution is 2.16. The molecule has 2 N–H and O–H groups in total. The van der Waals surface area contributed by atoms with Crippen LogP contribution < -0.4 is 10.6 Å². The van der Waals surface area contributed by atoms with Gasteiger partial charge >= 0.3 is 0 Å². The van der Waals surface area contributed by atoms with E-state index in [4.69, 9.17) is 11.6 Å². The number of benzene rings is 2. The van der Waals surface area contributed by atoms with Gasteiger partial charge in [-0.2, -0.15) is 0 Å². The first-order chi connectivity index (χ1) is 14.0. The van der Waals surface area contributed by atoms with Gasteiger partial charge in [0.05, 0.1) is 11.0 Å². The topological polar surface area (TPSA) is 76.0 Å². The number of amides is 2. The van der Waals surface area contributed by atoms with E-state index in [2.05, 4.69) is 15.6 Å². The molecule has 1 aromatic heterocycles. The van der Waals surface area contributed by atoms with Gasteiger partial charge in [0.1, 0.15) is 12.4 Å². The molecule has 0 aliphatic heterocycles. The second-order valence-electron chi connectivity index (χ2n) is 6.99. The Morgan fingerprint density at radius 1 is 1.14 bits per heavy atom. The number of carbonyl (C=O) groups is 2. The molecule has 3 rings (SSSR count). The SMILES string of the molecule is CCC(C)NC(=O)Cn1c(CCNC(=O)c2ccc(Cl)cc2)nc2ccccc21. The van der Waals surface area contributed by atoms with Crippen LogP contribution in [0.2, 0.25) is 5.02 Å². The van der Waals surface area contributed by atoms with E-state index < -0.39 is 0 Å². The Morgan fingerprint density at radius 2 is 1.86 bits per heavy atom. The van der Waals surface area contributed by atoms with Crippen LogP contribution in [0.15, 0.2) is 48.5 Å². The molecule has 1 atom stereocenters. The van der Waals surface area contributed by atoms with Crippen LogP contribution in [0.3, 0.4) is 0 Å². The number of para-hydroxylation sites is 2. The van der Waals surface area contributed by atoms with Crippen LogP contribution in [0.4, 0.5) is 0 Å². The number of nitrogens with zero attached hydrogens (tertiary/aromatic N) is 2. The molecule has 0 aliphatic rings. The van der Waals surface area contributed by atoms with Crippen molar-refractivity contribution in [2.24, 2.45) is 0 Å². The molecule has 0 bridgehead atoms. The van der Waals surface area contributed by atoms with Crippen molar-refractivity contribution in [1.82, 2.24) is 20.2 Å². The molecule has 3 aromatic rings. The average molecular weight is 413 g/mol. The summed E-state index contributed by atoms with van der Waals surface area (Å²) in [4.78, 5) is 29.4. The summed E-state index contributed by atoms with van der Waals surface area (Å²) in [5.41, 5.74) is 2.30. The first kappa shape index (κ1) is 20.9. The molecule has 1 heterocycles. The van der Waals surface area contributed by atoms with E-state index in [0.717, 1.165) is 23.3 Å². The molecule has 2 amide bonds. The lowest BCUT2D eigenvalue weighted by Crippen LogP contribution is -2.35. The summed E-state index contributed by atoms with van der Waals surface area (Å²) in [5, 5.41) is 6.48. The molecule has 0 saturated carbocycles. The number of imidazole rings is 1. The number of carbonyl (C=O) groups excluding carboxylic acids is 2. The number of nitrogens with one attached hydrogen (secondary N) is 2. The second-order valence-corrected chi connectivity index (χ2v) is 7.43. The molecule has 0 spiro atoms. The van der Waals surface area contributed by atoms with Gasteiger partial charge in [0, 0.05) is 29.6 Å². The van der Waals surface area contributed by atoms with Crippen molar-refractivity contribution < 1.29 is 9.59 Å². The van der Waals surface area contributed by atoms with Crippen molar-refractivity contribution in [1.29, 1.82) is 0 Å². The summed E-state index contributed by atoms with van der Waals surface area (Å²) in [6, 6.07) is 14.6. The summed E-state index contributed by atoms with van der Waals surface area (Å²) >= 11 is 5.86. The van der Waals surface area contributed by atoms with Crippen LogP contribution in [-0.2, 0) is 17.8 Å². The number of hydrogen-bond acceptors (Lipinski definition) is 3. The minimum atomic E-state index is -0.168. The molecule has 7 heteroatoms. The van der Waals surface area contributed by atoms with Crippen molar-refractivity contribution in [2.75, 3.05) is 6.54 Å². The Labute approximate surface area is 175 Å². The predicted octanol–water partition coefficient (Wildman–Crippen LogP) is 3.58. The van der Waals surface area contributed by atoms with Crippen LogP contribution in [0.25, 0.3) is 11.0 Å². The summed E-state index contributed by atoms with van der Waals surface area (Å²) in [6.45, 7) is 4.63. The minimum Gasteiger partial charge on any atom is -0.352 e. The Bertz CT molecular complexity index is 998. The third-order valence-corrected chi connectivity index (χ3v) is 5.05. The third kappa shape index (κ3) is 5.35. The van der Waals surface area contributed by atoms with E-state index in [1.807, 2.05) is 42.7 Å². The van der Waals surface area contributed by atoms with Crippen LogP contribution in [-0.4, -0.2) is 34.0 Å². The van der Waals surface area contributed by atoms with Crippen molar-refractivity contribution in [3.05, 3.63) is 64.9 Å². The predicted molar refractivity (Wildman–Crippen MR) is 115 cm³/mol. The van der Waals surface area contributed by atoms with E-state index in [1.54, 1.807) is 24.3 Å². The molecule has 0 saturated heterocycles. The Balaban J connectivity index is 1.70. The maximum Gasteiger partial charge on any atom is 0.251 e. The number of halogens is 1. The van der Waals surface area contributed by atoms with Gasteiger partial charge in [-0.15, -0.1) is 0 Å². The van der Waals surface area contributed by atoms with Gasteiger partial charge in [-0.3, -0.25) is 9.59 Å². The molecule has 1 unspecified atom stereocenters. The molecular formula is C22H25ClN4O2. The lowest BCUT2D eigenvalue weighted by atomic mass is 10.2. The Hall–Kier alpha value is -2.86. The third-order valence-electron chi connectivity index (χ3n) is 4.80. The molecule has 6 nitrogen and oxygen atoms in total. The highest BCUT2D eigenvalue weighted by molar-refractivity contribution is 6.30. The average Bonchev–Trinajstić information content (AvgIpc) is 3.05. The molecule has 0 radical (unpaired) electrons. The first-order valence-electron chi connectivity index (χ1n) is 9.75. The van der Waals surface area contributed by atoms with Crippen molar-refractivity contribution in [3.8, 4) is 0 Å². The molecular weight excluding hydrogens is 388 g/mol. The van der Waals surface area contributed by atoms with Crippen molar-refractivity contribution >= 4 is 34.4 Å². The fourth-order valence-electron chi connectivity index (χ4n) is 3.05. The van der Waals surface area contributed by atoms with Gasteiger partial charge in [0.2, 0.25) is 5.91 Å². The highest BCUT2D eigenvalue weighted by Gasteiger charge is 2.15. The zero-order valence-electron chi connectivity index (χ0n) is 16.6. The maximum atomic E-state index is 12.4. The van der Waals surface area contributed by atoms with Gasteiger partial charge in [-0.1, -0.05) is 30.7 Å². The summed E-state index contributed by atoms with van der Waals surface area (Å²) in [7, 11) is 0. The number of hydrogen-bond donors (Lipinski definition) is 2. The molecule has 0 aliphatic carbocycles. The maximum absolute atomic E-state index is 12.4. The van der Waals surface area contributed by atoms with Crippen LogP contribution in [0, 0.1) is 0 Å². The van der Waals surface area contributed by atoms with Gasteiger partial charge in [0.25, 0.3) is 5.91 Å². The number of rotatable bonds is 8. The lowest BCUT2D eigenvalue weighted by molar-refractivity contribution is -0.122. The van der Waals surface area contributed by atoms with Crippen molar-refractivity contribution in [2.45, 2.75) is 39.3 Å². The monoisotopic (exact) mass is 412 g/mol. The zero-order chi connectivity index (χ0) is 20.8. The Kier molecular flexibility index (Phi) is 6.88.